The second-order valence-corrected chi connectivity index (χ2v) is 7.89. The average molecular weight is 435 g/mol. The molecule has 3 rings (SSSR count). The number of hydrogen-bond donors (Lipinski definition) is 4. The van der Waals surface area contributed by atoms with Crippen LogP contribution in [0.15, 0.2) is 24.3 Å². The van der Waals surface area contributed by atoms with E-state index in [2.05, 4.69) is 10.6 Å². The van der Waals surface area contributed by atoms with Gasteiger partial charge >= 0.3 is 6.18 Å². The monoisotopic (exact) mass is 434 g/mol. The van der Waals surface area contributed by atoms with Gasteiger partial charge in [-0.3, -0.25) is 9.69 Å². The summed E-state index contributed by atoms with van der Waals surface area (Å²) in [5.41, 5.74) is 6.92. The standard InChI is InChI=1S/C17H18ClF3N4O2S/c18-9-1-3-10(4-2-9)23-16(27)24-15-13(14(22)26)11-5-6-25(7-12(11)28-15)8-17(19,20)21/h1-4,16,23-24,27H,5-8H2,(H2,22,26). The van der Waals surface area contributed by atoms with Crippen molar-refractivity contribution in [1.29, 1.82) is 0 Å². The third-order valence-electron chi connectivity index (χ3n) is 4.20. The number of hydrogen-bond acceptors (Lipinski definition) is 6. The second kappa shape index (κ2) is 8.16. The van der Waals surface area contributed by atoms with E-state index in [4.69, 9.17) is 17.3 Å². The fourth-order valence-corrected chi connectivity index (χ4v) is 4.51. The fourth-order valence-electron chi connectivity index (χ4n) is 3.07. The summed E-state index contributed by atoms with van der Waals surface area (Å²) in [5, 5.41) is 16.6. The number of carbonyl (C=O) groups excluding carboxylic acids is 1. The first-order valence-electron chi connectivity index (χ1n) is 8.32. The summed E-state index contributed by atoms with van der Waals surface area (Å²) in [7, 11) is 0. The molecule has 0 radical (unpaired) electrons. The number of alkyl halides is 3. The van der Waals surface area contributed by atoms with E-state index in [9.17, 15) is 23.1 Å². The first-order valence-corrected chi connectivity index (χ1v) is 9.52. The molecule has 0 fully saturated rings. The molecule has 152 valence electrons. The Morgan fingerprint density at radius 1 is 1.32 bits per heavy atom. The van der Waals surface area contributed by atoms with Crippen LogP contribution < -0.4 is 16.4 Å². The summed E-state index contributed by atoms with van der Waals surface area (Å²) in [6, 6.07) is 6.61. The van der Waals surface area contributed by atoms with E-state index in [1.54, 1.807) is 24.3 Å². The highest BCUT2D eigenvalue weighted by atomic mass is 35.5. The van der Waals surface area contributed by atoms with Gasteiger partial charge in [-0.2, -0.15) is 13.2 Å². The normalized spacial score (nSPS) is 15.8. The highest BCUT2D eigenvalue weighted by Gasteiger charge is 2.34. The number of thiophene rings is 1. The van der Waals surface area contributed by atoms with Crippen molar-refractivity contribution in [3.63, 3.8) is 0 Å². The van der Waals surface area contributed by atoms with Crippen molar-refractivity contribution in [3.8, 4) is 0 Å². The number of anilines is 2. The van der Waals surface area contributed by atoms with E-state index >= 15 is 0 Å². The van der Waals surface area contributed by atoms with Gasteiger partial charge in [-0.25, -0.2) is 0 Å². The van der Waals surface area contributed by atoms with Crippen LogP contribution in [0.1, 0.15) is 20.8 Å². The Morgan fingerprint density at radius 3 is 2.61 bits per heavy atom. The van der Waals surface area contributed by atoms with Gasteiger partial charge in [0.25, 0.3) is 5.91 Å². The number of nitrogens with zero attached hydrogens (tertiary/aromatic N) is 1. The zero-order valence-electron chi connectivity index (χ0n) is 14.5. The van der Waals surface area contributed by atoms with Crippen LogP contribution in [0.4, 0.5) is 23.9 Å². The summed E-state index contributed by atoms with van der Waals surface area (Å²) < 4.78 is 38.0. The molecule has 1 amide bonds. The van der Waals surface area contributed by atoms with Gasteiger partial charge in [0.2, 0.25) is 6.35 Å². The number of nitrogens with one attached hydrogen (secondary N) is 2. The predicted octanol–water partition coefficient (Wildman–Crippen LogP) is 3.22. The topological polar surface area (TPSA) is 90.6 Å². The molecule has 1 aliphatic rings. The number of aliphatic hydroxyl groups is 1. The number of benzene rings is 1. The van der Waals surface area contributed by atoms with Crippen molar-refractivity contribution in [3.05, 3.63) is 45.3 Å². The SMILES string of the molecule is NC(=O)c1c(NC(O)Nc2ccc(Cl)cc2)sc2c1CCN(CC(F)(F)F)C2. The van der Waals surface area contributed by atoms with E-state index in [-0.39, 0.29) is 25.1 Å². The van der Waals surface area contributed by atoms with Crippen LogP contribution in [0.5, 0.6) is 0 Å². The van der Waals surface area contributed by atoms with Gasteiger partial charge in [-0.15, -0.1) is 11.3 Å². The second-order valence-electron chi connectivity index (χ2n) is 6.35. The van der Waals surface area contributed by atoms with E-state index in [1.165, 1.54) is 4.90 Å². The highest BCUT2D eigenvalue weighted by Crippen LogP contribution is 2.37. The third kappa shape index (κ3) is 5.07. The molecule has 1 aromatic carbocycles. The highest BCUT2D eigenvalue weighted by molar-refractivity contribution is 7.16. The van der Waals surface area contributed by atoms with Crippen molar-refractivity contribution < 1.29 is 23.1 Å². The largest absolute Gasteiger partial charge is 0.401 e. The molecule has 1 unspecified atom stereocenters. The maximum absolute atomic E-state index is 12.7. The van der Waals surface area contributed by atoms with Crippen LogP contribution >= 0.6 is 22.9 Å². The zero-order chi connectivity index (χ0) is 20.5. The molecular weight excluding hydrogens is 417 g/mol. The molecule has 0 spiro atoms. The molecule has 11 heteroatoms. The zero-order valence-corrected chi connectivity index (χ0v) is 16.1. The van der Waals surface area contributed by atoms with Crippen molar-refractivity contribution in [2.75, 3.05) is 23.7 Å². The molecule has 5 N–H and O–H groups in total. The number of amides is 1. The van der Waals surface area contributed by atoms with E-state index in [1.807, 2.05) is 0 Å². The summed E-state index contributed by atoms with van der Waals surface area (Å²) in [5.74, 6) is -0.692. The maximum atomic E-state index is 12.7. The van der Waals surface area contributed by atoms with Gasteiger partial charge in [0, 0.05) is 28.7 Å². The minimum atomic E-state index is -4.29. The van der Waals surface area contributed by atoms with Crippen LogP contribution in [0.3, 0.4) is 0 Å². The lowest BCUT2D eigenvalue weighted by Crippen LogP contribution is -2.37. The van der Waals surface area contributed by atoms with Crippen LogP contribution in [0.25, 0.3) is 0 Å². The van der Waals surface area contributed by atoms with E-state index in [0.717, 1.165) is 11.3 Å². The summed E-state index contributed by atoms with van der Waals surface area (Å²) in [4.78, 5) is 13.8. The maximum Gasteiger partial charge on any atom is 0.401 e. The lowest BCUT2D eigenvalue weighted by atomic mass is 10.0. The Kier molecular flexibility index (Phi) is 6.04. The number of rotatable bonds is 6. The molecule has 2 heterocycles. The Morgan fingerprint density at radius 2 is 2.00 bits per heavy atom. The smallest absolute Gasteiger partial charge is 0.365 e. The van der Waals surface area contributed by atoms with Gasteiger partial charge in [0.1, 0.15) is 5.00 Å². The quantitative estimate of drug-likeness (QED) is 0.524. The number of aliphatic hydroxyl groups excluding tert-OH is 1. The third-order valence-corrected chi connectivity index (χ3v) is 5.60. The summed E-state index contributed by atoms with van der Waals surface area (Å²) in [6.45, 7) is -0.767. The molecule has 1 aliphatic heterocycles. The number of carbonyl (C=O) groups is 1. The Labute approximate surface area is 168 Å². The number of primary amides is 1. The Bertz CT molecular complexity index is 857. The molecule has 0 saturated carbocycles. The molecule has 0 aliphatic carbocycles. The van der Waals surface area contributed by atoms with E-state index in [0.29, 0.717) is 26.2 Å². The molecular formula is C17H18ClF3N4O2S. The molecule has 1 aromatic heterocycles. The number of nitrogens with two attached hydrogens (primary N) is 1. The molecule has 2 aromatic rings. The van der Waals surface area contributed by atoms with Gasteiger partial charge in [0.05, 0.1) is 12.1 Å². The van der Waals surface area contributed by atoms with Crippen LogP contribution in [0, 0.1) is 0 Å². The van der Waals surface area contributed by atoms with Gasteiger partial charge < -0.3 is 21.5 Å². The molecule has 6 nitrogen and oxygen atoms in total. The molecule has 28 heavy (non-hydrogen) atoms. The molecule has 0 bridgehead atoms. The minimum Gasteiger partial charge on any atom is -0.365 e. The van der Waals surface area contributed by atoms with Crippen molar-refractivity contribution in [1.82, 2.24) is 4.90 Å². The molecule has 0 saturated heterocycles. The summed E-state index contributed by atoms with van der Waals surface area (Å²) in [6.07, 6.45) is -5.26. The van der Waals surface area contributed by atoms with Gasteiger partial charge in [-0.05, 0) is 36.2 Å². The van der Waals surface area contributed by atoms with E-state index < -0.39 is 25.0 Å². The first-order chi connectivity index (χ1) is 13.1. The first kappa shape index (κ1) is 20.7. The predicted molar refractivity (Wildman–Crippen MR) is 103 cm³/mol. The number of fused-ring (bicyclic) bond motifs is 1. The van der Waals surface area contributed by atoms with Gasteiger partial charge in [-0.1, -0.05) is 11.6 Å². The lowest BCUT2D eigenvalue weighted by molar-refractivity contribution is -0.147. The van der Waals surface area contributed by atoms with Crippen molar-refractivity contribution in [2.24, 2.45) is 5.73 Å². The molecule has 1 atom stereocenters. The Hall–Kier alpha value is -2.01. The summed E-state index contributed by atoms with van der Waals surface area (Å²) >= 11 is 6.93. The van der Waals surface area contributed by atoms with Crippen molar-refractivity contribution in [2.45, 2.75) is 25.5 Å². The van der Waals surface area contributed by atoms with Crippen LogP contribution in [0.2, 0.25) is 5.02 Å². The minimum absolute atomic E-state index is 0.0716. The lowest BCUT2D eigenvalue weighted by Gasteiger charge is -2.27. The van der Waals surface area contributed by atoms with Crippen LogP contribution in [-0.4, -0.2) is 41.5 Å². The van der Waals surface area contributed by atoms with Crippen LogP contribution in [-0.2, 0) is 13.0 Å². The number of halogens is 4. The Balaban J connectivity index is 1.76. The average Bonchev–Trinajstić information content (AvgIpc) is 2.92. The fraction of sp³-hybridized carbons (Fsp3) is 0.353. The van der Waals surface area contributed by atoms with Crippen molar-refractivity contribution >= 4 is 39.5 Å². The van der Waals surface area contributed by atoms with Gasteiger partial charge in [0.15, 0.2) is 0 Å².